The molecule has 2 heterocycles. The van der Waals surface area contributed by atoms with Crippen LogP contribution in [0.15, 0.2) is 4.47 Å². The van der Waals surface area contributed by atoms with Crippen molar-refractivity contribution in [2.75, 3.05) is 13.1 Å². The highest BCUT2D eigenvalue weighted by atomic mass is 79.9. The molecule has 2 N–H and O–H groups in total. The molecular formula is C14H25BrN4. The van der Waals surface area contributed by atoms with E-state index in [2.05, 4.69) is 51.4 Å². The van der Waals surface area contributed by atoms with Crippen molar-refractivity contribution in [2.24, 2.45) is 11.7 Å². The number of halogens is 1. The number of hydrogen-bond acceptors (Lipinski definition) is 3. The molecule has 1 unspecified atom stereocenters. The van der Waals surface area contributed by atoms with Gasteiger partial charge in [0, 0.05) is 19.1 Å². The Morgan fingerprint density at radius 2 is 2.05 bits per heavy atom. The molecule has 5 heteroatoms. The molecule has 1 aliphatic heterocycles. The zero-order valence-corrected chi connectivity index (χ0v) is 13.8. The minimum absolute atomic E-state index is 0.331. The van der Waals surface area contributed by atoms with E-state index in [4.69, 9.17) is 5.73 Å². The van der Waals surface area contributed by atoms with Gasteiger partial charge in [-0.05, 0) is 68.6 Å². The molecule has 1 aromatic heterocycles. The van der Waals surface area contributed by atoms with Gasteiger partial charge in [0.25, 0.3) is 0 Å². The zero-order valence-electron chi connectivity index (χ0n) is 12.2. The van der Waals surface area contributed by atoms with Gasteiger partial charge in [-0.2, -0.15) is 5.10 Å². The maximum atomic E-state index is 6.00. The van der Waals surface area contributed by atoms with Crippen molar-refractivity contribution in [1.29, 1.82) is 0 Å². The summed E-state index contributed by atoms with van der Waals surface area (Å²) in [5, 5.41) is 4.56. The lowest BCUT2D eigenvalue weighted by molar-refractivity contribution is 0.162. The quantitative estimate of drug-likeness (QED) is 0.923. The fraction of sp³-hybridized carbons (Fsp3) is 0.786. The maximum absolute atomic E-state index is 6.00. The second-order valence-electron chi connectivity index (χ2n) is 5.63. The molecule has 0 spiro atoms. The minimum atomic E-state index is 0.331. The summed E-state index contributed by atoms with van der Waals surface area (Å²) in [7, 11) is 0. The van der Waals surface area contributed by atoms with Crippen LogP contribution in [-0.4, -0.2) is 33.8 Å². The Labute approximate surface area is 124 Å². The van der Waals surface area contributed by atoms with Crippen molar-refractivity contribution >= 4 is 15.9 Å². The van der Waals surface area contributed by atoms with Gasteiger partial charge in [-0.1, -0.05) is 0 Å². The van der Waals surface area contributed by atoms with Gasteiger partial charge in [-0.15, -0.1) is 0 Å². The van der Waals surface area contributed by atoms with Crippen molar-refractivity contribution in [2.45, 2.75) is 52.7 Å². The monoisotopic (exact) mass is 328 g/mol. The van der Waals surface area contributed by atoms with E-state index >= 15 is 0 Å². The van der Waals surface area contributed by atoms with Gasteiger partial charge >= 0.3 is 0 Å². The van der Waals surface area contributed by atoms with Crippen molar-refractivity contribution < 1.29 is 0 Å². The lowest BCUT2D eigenvalue weighted by Gasteiger charge is -2.33. The van der Waals surface area contributed by atoms with Gasteiger partial charge in [-0.3, -0.25) is 9.58 Å². The summed E-state index contributed by atoms with van der Waals surface area (Å²) in [4.78, 5) is 2.52. The molecule has 0 aliphatic carbocycles. The van der Waals surface area contributed by atoms with Gasteiger partial charge in [0.2, 0.25) is 0 Å². The summed E-state index contributed by atoms with van der Waals surface area (Å²) in [5.41, 5.74) is 8.39. The predicted molar refractivity (Wildman–Crippen MR) is 82.0 cm³/mol. The first-order valence-corrected chi connectivity index (χ1v) is 8.02. The van der Waals surface area contributed by atoms with Crippen LogP contribution in [0.1, 0.15) is 38.1 Å². The van der Waals surface area contributed by atoms with Gasteiger partial charge < -0.3 is 5.73 Å². The molecule has 19 heavy (non-hydrogen) atoms. The molecule has 0 aromatic carbocycles. The fourth-order valence-electron chi connectivity index (χ4n) is 2.87. The summed E-state index contributed by atoms with van der Waals surface area (Å²) < 4.78 is 3.28. The van der Waals surface area contributed by atoms with Crippen LogP contribution in [0.3, 0.4) is 0 Å². The van der Waals surface area contributed by atoms with Crippen LogP contribution in [0, 0.1) is 12.8 Å². The second kappa shape index (κ2) is 6.37. The van der Waals surface area contributed by atoms with Crippen LogP contribution in [0.5, 0.6) is 0 Å². The molecule has 4 nitrogen and oxygen atoms in total. The van der Waals surface area contributed by atoms with E-state index in [0.29, 0.717) is 12.0 Å². The van der Waals surface area contributed by atoms with Crippen LogP contribution in [-0.2, 0) is 13.1 Å². The molecule has 2 rings (SSSR count). The normalized spacial score (nSPS) is 19.8. The summed E-state index contributed by atoms with van der Waals surface area (Å²) >= 11 is 3.67. The van der Waals surface area contributed by atoms with Crippen LogP contribution in [0.25, 0.3) is 0 Å². The van der Waals surface area contributed by atoms with Crippen molar-refractivity contribution in [3.05, 3.63) is 15.9 Å². The Kier molecular flexibility index (Phi) is 5.03. The summed E-state index contributed by atoms with van der Waals surface area (Å²) in [6, 6.07) is 0.331. The molecule has 0 bridgehead atoms. The summed E-state index contributed by atoms with van der Waals surface area (Å²) in [5.74, 6) is 0.692. The number of hydrogen-bond donors (Lipinski definition) is 1. The van der Waals surface area contributed by atoms with Crippen LogP contribution >= 0.6 is 15.9 Å². The first kappa shape index (κ1) is 15.0. The number of nitrogens with zero attached hydrogens (tertiary/aromatic N) is 3. The van der Waals surface area contributed by atoms with E-state index in [1.807, 2.05) is 0 Å². The first-order chi connectivity index (χ1) is 9.02. The van der Waals surface area contributed by atoms with Gasteiger partial charge in [0.1, 0.15) is 0 Å². The summed E-state index contributed by atoms with van der Waals surface area (Å²) in [6.45, 7) is 10.5. The van der Waals surface area contributed by atoms with Crippen molar-refractivity contribution in [1.82, 2.24) is 14.7 Å². The molecule has 0 radical (unpaired) electrons. The number of nitrogens with two attached hydrogens (primary N) is 1. The maximum Gasteiger partial charge on any atom is 0.0739 e. The molecule has 1 atom stereocenters. The lowest BCUT2D eigenvalue weighted by atomic mass is 9.91. The second-order valence-corrected chi connectivity index (χ2v) is 6.43. The Bertz CT molecular complexity index is 419. The van der Waals surface area contributed by atoms with E-state index in [-0.39, 0.29) is 0 Å². The fourth-order valence-corrected chi connectivity index (χ4v) is 3.28. The third-order valence-electron chi connectivity index (χ3n) is 4.20. The van der Waals surface area contributed by atoms with E-state index in [0.717, 1.165) is 31.9 Å². The Morgan fingerprint density at radius 3 is 2.58 bits per heavy atom. The Hall–Kier alpha value is -0.390. The van der Waals surface area contributed by atoms with Gasteiger partial charge in [-0.25, -0.2) is 0 Å². The van der Waals surface area contributed by atoms with Gasteiger partial charge in [0.05, 0.1) is 15.9 Å². The number of likely N-dealkylation sites (tertiary alicyclic amines) is 1. The third-order valence-corrected chi connectivity index (χ3v) is 5.23. The molecule has 0 saturated carbocycles. The highest BCUT2D eigenvalue weighted by Gasteiger charge is 2.23. The average molecular weight is 329 g/mol. The van der Waals surface area contributed by atoms with Crippen LogP contribution in [0.2, 0.25) is 0 Å². The van der Waals surface area contributed by atoms with Gasteiger partial charge in [0.15, 0.2) is 0 Å². The van der Waals surface area contributed by atoms with Crippen molar-refractivity contribution in [3.8, 4) is 0 Å². The minimum Gasteiger partial charge on any atom is -0.328 e. The average Bonchev–Trinajstić information content (AvgIpc) is 2.67. The largest absolute Gasteiger partial charge is 0.328 e. The number of aromatic nitrogens is 2. The van der Waals surface area contributed by atoms with E-state index in [1.54, 1.807) is 0 Å². The molecule has 1 aromatic rings. The highest BCUT2D eigenvalue weighted by Crippen LogP contribution is 2.25. The number of aryl methyl sites for hydroxylation is 2. The van der Waals surface area contributed by atoms with E-state index in [9.17, 15) is 0 Å². The molecule has 108 valence electrons. The Balaban J connectivity index is 1.99. The Morgan fingerprint density at radius 1 is 1.42 bits per heavy atom. The number of piperidine rings is 1. The first-order valence-electron chi connectivity index (χ1n) is 7.22. The van der Waals surface area contributed by atoms with E-state index < -0.39 is 0 Å². The molecular weight excluding hydrogens is 304 g/mol. The molecule has 1 fully saturated rings. The molecule has 1 saturated heterocycles. The van der Waals surface area contributed by atoms with Crippen molar-refractivity contribution in [3.63, 3.8) is 0 Å². The third kappa shape index (κ3) is 3.38. The number of rotatable bonds is 4. The van der Waals surface area contributed by atoms with E-state index in [1.165, 1.54) is 23.0 Å². The zero-order chi connectivity index (χ0) is 14.0. The standard InChI is InChI=1S/C14H25BrN4/c1-4-19-13(14(15)11(3)17-19)9-18-7-5-12(6-8-18)10(2)16/h10,12H,4-9,16H2,1-3H3. The lowest BCUT2D eigenvalue weighted by Crippen LogP contribution is -2.39. The molecule has 1 aliphatic rings. The smallest absolute Gasteiger partial charge is 0.0739 e. The predicted octanol–water partition coefficient (Wildman–Crippen LogP) is 2.53. The van der Waals surface area contributed by atoms with Crippen LogP contribution in [0.4, 0.5) is 0 Å². The van der Waals surface area contributed by atoms with Crippen LogP contribution < -0.4 is 5.73 Å². The topological polar surface area (TPSA) is 47.1 Å². The summed E-state index contributed by atoms with van der Waals surface area (Å²) in [6.07, 6.45) is 2.43. The highest BCUT2D eigenvalue weighted by molar-refractivity contribution is 9.10. The molecule has 0 amide bonds. The SMILES string of the molecule is CCn1nc(C)c(Br)c1CN1CCC(C(C)N)CC1.